The zero-order valence-electron chi connectivity index (χ0n) is 20.5. The lowest BCUT2D eigenvalue weighted by atomic mass is 10.0. The van der Waals surface area contributed by atoms with E-state index in [1.54, 1.807) is 28.4 Å². The molecule has 5 rings (SSSR count). The fourth-order valence-corrected chi connectivity index (χ4v) is 6.02. The van der Waals surface area contributed by atoms with Crippen molar-refractivity contribution in [3.8, 4) is 0 Å². The second kappa shape index (κ2) is 11.6. The van der Waals surface area contributed by atoms with Crippen LogP contribution in [0.1, 0.15) is 48.6 Å². The molecule has 2 aromatic rings. The first-order valence-electron chi connectivity index (χ1n) is 12.9. The standard InChI is InChI=1S/C27H33FN4O3S/c28-22-9-7-20(8-10-22)24-18-23(25-6-3-17-36-25)29-32(24)26(33)19-31(27(34)21-4-1-2-5-21)12-11-30-13-15-35-16-14-30/h3,6-10,17,21,24H,1-2,4-5,11-16,18-19H2/t24-/m0/s1. The van der Waals surface area contributed by atoms with E-state index in [-0.39, 0.29) is 36.1 Å². The number of nitrogens with zero attached hydrogens (tertiary/aromatic N) is 4. The van der Waals surface area contributed by atoms with Gasteiger partial charge in [0, 0.05) is 38.5 Å². The molecule has 36 heavy (non-hydrogen) atoms. The molecule has 0 N–H and O–H groups in total. The summed E-state index contributed by atoms with van der Waals surface area (Å²) in [4.78, 5) is 32.2. The molecule has 1 aromatic carbocycles. The average Bonchev–Trinajstić information content (AvgIpc) is 3.69. The van der Waals surface area contributed by atoms with Crippen LogP contribution in [0.15, 0.2) is 46.9 Å². The summed E-state index contributed by atoms with van der Waals surface area (Å²) in [6, 6.07) is 9.90. The monoisotopic (exact) mass is 512 g/mol. The number of halogens is 1. The minimum absolute atomic E-state index is 0.000793. The average molecular weight is 513 g/mol. The number of carbonyl (C=O) groups is 2. The lowest BCUT2D eigenvalue weighted by molar-refractivity contribution is -0.144. The highest BCUT2D eigenvalue weighted by molar-refractivity contribution is 7.12. The first-order valence-corrected chi connectivity index (χ1v) is 13.7. The normalized spacial score (nSPS) is 21.1. The van der Waals surface area contributed by atoms with Crippen LogP contribution in [-0.4, -0.2) is 78.3 Å². The zero-order chi connectivity index (χ0) is 24.9. The SMILES string of the molecule is O=C(C1CCCC1)N(CCN1CCOCC1)CC(=O)N1N=C(c2cccs2)C[C@H]1c1ccc(F)cc1. The molecular formula is C27H33FN4O3S. The van der Waals surface area contributed by atoms with Crippen molar-refractivity contribution in [2.45, 2.75) is 38.1 Å². The maximum absolute atomic E-state index is 13.7. The predicted molar refractivity (Wildman–Crippen MR) is 137 cm³/mol. The summed E-state index contributed by atoms with van der Waals surface area (Å²) in [5.74, 6) is -0.442. The maximum atomic E-state index is 13.7. The van der Waals surface area contributed by atoms with Gasteiger partial charge in [-0.25, -0.2) is 9.40 Å². The number of thiophene rings is 1. The van der Waals surface area contributed by atoms with Gasteiger partial charge in [0.1, 0.15) is 12.4 Å². The van der Waals surface area contributed by atoms with E-state index in [9.17, 15) is 14.0 Å². The molecule has 7 nitrogen and oxygen atoms in total. The van der Waals surface area contributed by atoms with Gasteiger partial charge in [0.25, 0.3) is 5.91 Å². The van der Waals surface area contributed by atoms with E-state index in [1.165, 1.54) is 17.1 Å². The summed E-state index contributed by atoms with van der Waals surface area (Å²) in [7, 11) is 0. The molecule has 2 amide bonds. The second-order valence-corrected chi connectivity index (χ2v) is 10.7. The molecule has 192 valence electrons. The molecule has 0 unspecified atom stereocenters. The van der Waals surface area contributed by atoms with Crippen LogP contribution in [0.2, 0.25) is 0 Å². The number of ether oxygens (including phenoxy) is 1. The number of amides is 2. The van der Waals surface area contributed by atoms with Gasteiger partial charge in [-0.05, 0) is 42.0 Å². The van der Waals surface area contributed by atoms with Gasteiger partial charge in [-0.2, -0.15) is 5.10 Å². The quantitative estimate of drug-likeness (QED) is 0.538. The van der Waals surface area contributed by atoms with Gasteiger partial charge >= 0.3 is 0 Å². The fraction of sp³-hybridized carbons (Fsp3) is 0.519. The van der Waals surface area contributed by atoms with E-state index in [4.69, 9.17) is 9.84 Å². The third-order valence-corrected chi connectivity index (χ3v) is 8.28. The summed E-state index contributed by atoms with van der Waals surface area (Å²) >= 11 is 1.58. The molecule has 3 heterocycles. The van der Waals surface area contributed by atoms with Crippen LogP contribution < -0.4 is 0 Å². The Hall–Kier alpha value is -2.62. The molecule has 0 bridgehead atoms. The molecule has 1 aromatic heterocycles. The van der Waals surface area contributed by atoms with E-state index in [1.807, 2.05) is 17.5 Å². The molecular weight excluding hydrogens is 479 g/mol. The van der Waals surface area contributed by atoms with Crippen LogP contribution in [-0.2, 0) is 14.3 Å². The summed E-state index contributed by atoms with van der Waals surface area (Å²) in [6.45, 7) is 4.31. The highest BCUT2D eigenvalue weighted by Gasteiger charge is 2.36. The van der Waals surface area contributed by atoms with Crippen LogP contribution in [0.25, 0.3) is 0 Å². The molecule has 1 atom stereocenters. The molecule has 1 aliphatic carbocycles. The summed E-state index contributed by atoms with van der Waals surface area (Å²) in [6.07, 6.45) is 4.47. The van der Waals surface area contributed by atoms with Crippen LogP contribution in [0, 0.1) is 11.7 Å². The van der Waals surface area contributed by atoms with E-state index < -0.39 is 0 Å². The van der Waals surface area contributed by atoms with Gasteiger partial charge in [0.05, 0.1) is 29.8 Å². The van der Waals surface area contributed by atoms with Crippen LogP contribution in [0.5, 0.6) is 0 Å². The molecule has 1 saturated heterocycles. The number of benzene rings is 1. The summed E-state index contributed by atoms with van der Waals surface area (Å²) in [5.41, 5.74) is 1.68. The Morgan fingerprint density at radius 1 is 1.11 bits per heavy atom. The highest BCUT2D eigenvalue weighted by atomic mass is 32.1. The Balaban J connectivity index is 1.35. The smallest absolute Gasteiger partial charge is 0.262 e. The number of morpholine rings is 1. The first-order chi connectivity index (χ1) is 17.6. The number of hydrogen-bond donors (Lipinski definition) is 0. The molecule has 0 radical (unpaired) electrons. The Morgan fingerprint density at radius 2 is 1.86 bits per heavy atom. The Labute approximate surface area is 215 Å². The van der Waals surface area contributed by atoms with Gasteiger partial charge in [0.2, 0.25) is 5.91 Å². The molecule has 3 aliphatic rings. The lowest BCUT2D eigenvalue weighted by Crippen LogP contribution is -2.47. The Morgan fingerprint density at radius 3 is 2.56 bits per heavy atom. The van der Waals surface area contributed by atoms with E-state index in [2.05, 4.69) is 4.90 Å². The van der Waals surface area contributed by atoms with Gasteiger partial charge < -0.3 is 9.64 Å². The van der Waals surface area contributed by atoms with Crippen LogP contribution >= 0.6 is 11.3 Å². The van der Waals surface area contributed by atoms with Crippen molar-refractivity contribution < 1.29 is 18.7 Å². The third kappa shape index (κ3) is 5.85. The first kappa shape index (κ1) is 25.0. The molecule has 0 spiro atoms. The summed E-state index contributed by atoms with van der Waals surface area (Å²) < 4.78 is 19.1. The zero-order valence-corrected chi connectivity index (χ0v) is 21.3. The minimum Gasteiger partial charge on any atom is -0.379 e. The van der Waals surface area contributed by atoms with Crippen LogP contribution in [0.4, 0.5) is 4.39 Å². The topological polar surface area (TPSA) is 65.5 Å². The predicted octanol–water partition coefficient (Wildman–Crippen LogP) is 3.92. The number of hydrazone groups is 1. The molecule has 9 heteroatoms. The number of carbonyl (C=O) groups excluding carboxylic acids is 2. The largest absolute Gasteiger partial charge is 0.379 e. The van der Waals surface area contributed by atoms with E-state index >= 15 is 0 Å². The Kier molecular flexibility index (Phi) is 8.09. The van der Waals surface area contributed by atoms with Crippen LogP contribution in [0.3, 0.4) is 0 Å². The highest BCUT2D eigenvalue weighted by Crippen LogP contribution is 2.34. The summed E-state index contributed by atoms with van der Waals surface area (Å²) in [5, 5.41) is 8.23. The fourth-order valence-electron chi connectivity index (χ4n) is 5.30. The Bertz CT molecular complexity index is 1060. The van der Waals surface area contributed by atoms with Gasteiger partial charge in [0.15, 0.2) is 0 Å². The van der Waals surface area contributed by atoms with Crippen molar-refractivity contribution in [1.29, 1.82) is 0 Å². The van der Waals surface area contributed by atoms with Gasteiger partial charge in [-0.15, -0.1) is 11.3 Å². The minimum atomic E-state index is -0.321. The van der Waals surface area contributed by atoms with Crippen molar-refractivity contribution in [3.05, 3.63) is 58.0 Å². The van der Waals surface area contributed by atoms with E-state index in [0.29, 0.717) is 26.2 Å². The van der Waals surface area contributed by atoms with E-state index in [0.717, 1.165) is 61.5 Å². The molecule has 2 fully saturated rings. The third-order valence-electron chi connectivity index (χ3n) is 7.36. The lowest BCUT2D eigenvalue weighted by Gasteiger charge is -2.32. The van der Waals surface area contributed by atoms with Crippen molar-refractivity contribution in [2.24, 2.45) is 11.0 Å². The number of rotatable bonds is 8. The second-order valence-electron chi connectivity index (χ2n) is 9.73. The van der Waals surface area contributed by atoms with Crippen molar-refractivity contribution in [3.63, 3.8) is 0 Å². The van der Waals surface area contributed by atoms with Gasteiger partial charge in [-0.3, -0.25) is 14.5 Å². The van der Waals surface area contributed by atoms with Crippen molar-refractivity contribution in [1.82, 2.24) is 14.8 Å². The number of hydrogen-bond acceptors (Lipinski definition) is 6. The molecule has 2 aliphatic heterocycles. The van der Waals surface area contributed by atoms with Gasteiger partial charge in [-0.1, -0.05) is 31.0 Å². The maximum Gasteiger partial charge on any atom is 0.262 e. The van der Waals surface area contributed by atoms with Crippen molar-refractivity contribution >= 4 is 28.9 Å². The molecule has 1 saturated carbocycles. The van der Waals surface area contributed by atoms with Crippen molar-refractivity contribution in [2.75, 3.05) is 45.9 Å².